The highest BCUT2D eigenvalue weighted by atomic mass is 19.1. The predicted molar refractivity (Wildman–Crippen MR) is 72.7 cm³/mol. The molecule has 1 aromatic rings. The summed E-state index contributed by atoms with van der Waals surface area (Å²) in [5.41, 5.74) is 0.764. The highest BCUT2D eigenvalue weighted by molar-refractivity contribution is 5.34. The van der Waals surface area contributed by atoms with E-state index in [1.807, 2.05) is 14.0 Å². The molecule has 2 unspecified atom stereocenters. The number of phenols is 1. The van der Waals surface area contributed by atoms with Crippen LogP contribution >= 0.6 is 0 Å². The Labute approximate surface area is 114 Å². The molecule has 3 nitrogen and oxygen atoms in total. The molecule has 19 heavy (non-hydrogen) atoms. The first-order valence-corrected chi connectivity index (χ1v) is 6.84. The molecule has 1 saturated heterocycles. The van der Waals surface area contributed by atoms with Crippen molar-refractivity contribution in [2.75, 3.05) is 26.8 Å². The minimum Gasteiger partial charge on any atom is -0.508 e. The van der Waals surface area contributed by atoms with Crippen LogP contribution in [0.1, 0.15) is 31.4 Å². The van der Waals surface area contributed by atoms with Gasteiger partial charge in [0.2, 0.25) is 0 Å². The number of halogens is 1. The maximum atomic E-state index is 13.0. The normalized spacial score (nSPS) is 21.6. The minimum absolute atomic E-state index is 0.0271. The average molecular weight is 267 g/mol. The molecule has 0 amide bonds. The van der Waals surface area contributed by atoms with Gasteiger partial charge in [0.15, 0.2) is 0 Å². The minimum atomic E-state index is -0.406. The van der Waals surface area contributed by atoms with E-state index in [2.05, 4.69) is 4.90 Å². The van der Waals surface area contributed by atoms with Crippen molar-refractivity contribution in [2.24, 2.45) is 5.92 Å². The molecule has 0 aromatic heterocycles. The molecule has 1 heterocycles. The van der Waals surface area contributed by atoms with E-state index >= 15 is 0 Å². The van der Waals surface area contributed by atoms with Gasteiger partial charge in [-0.25, -0.2) is 4.39 Å². The van der Waals surface area contributed by atoms with E-state index in [-0.39, 0.29) is 11.8 Å². The van der Waals surface area contributed by atoms with Crippen LogP contribution in [-0.2, 0) is 4.74 Å². The highest BCUT2D eigenvalue weighted by Gasteiger charge is 2.21. The third kappa shape index (κ3) is 3.67. The first-order valence-electron chi connectivity index (χ1n) is 6.84. The van der Waals surface area contributed by atoms with E-state index in [9.17, 15) is 9.50 Å². The van der Waals surface area contributed by atoms with Crippen molar-refractivity contribution in [2.45, 2.75) is 25.8 Å². The smallest absolute Gasteiger partial charge is 0.126 e. The Bertz CT molecular complexity index is 419. The van der Waals surface area contributed by atoms with Crippen molar-refractivity contribution in [3.63, 3.8) is 0 Å². The topological polar surface area (TPSA) is 32.7 Å². The number of aromatic hydroxyl groups is 1. The monoisotopic (exact) mass is 267 g/mol. The maximum absolute atomic E-state index is 13.0. The number of benzene rings is 1. The van der Waals surface area contributed by atoms with Crippen molar-refractivity contribution < 1.29 is 14.2 Å². The summed E-state index contributed by atoms with van der Waals surface area (Å²) < 4.78 is 18.5. The molecule has 1 aliphatic rings. The molecule has 0 bridgehead atoms. The molecule has 0 aliphatic carbocycles. The van der Waals surface area contributed by atoms with Gasteiger partial charge < -0.3 is 9.84 Å². The molecule has 1 aliphatic heterocycles. The fourth-order valence-corrected chi connectivity index (χ4v) is 2.62. The molecule has 1 N–H and O–H groups in total. The van der Waals surface area contributed by atoms with Gasteiger partial charge in [-0.05, 0) is 38.8 Å². The van der Waals surface area contributed by atoms with Gasteiger partial charge in [0.05, 0.1) is 6.61 Å². The van der Waals surface area contributed by atoms with E-state index in [0.717, 1.165) is 31.7 Å². The maximum Gasteiger partial charge on any atom is 0.126 e. The summed E-state index contributed by atoms with van der Waals surface area (Å²) in [5.74, 6) is 0.166. The van der Waals surface area contributed by atoms with Crippen LogP contribution in [0.2, 0.25) is 0 Å². The Hall–Kier alpha value is -1.13. The second-order valence-electron chi connectivity index (χ2n) is 5.40. The van der Waals surface area contributed by atoms with Gasteiger partial charge in [0.25, 0.3) is 0 Å². The summed E-state index contributed by atoms with van der Waals surface area (Å²) in [6, 6.07) is 4.28. The van der Waals surface area contributed by atoms with E-state index in [1.54, 1.807) is 6.07 Å². The number of phenolic OH excluding ortho intramolecular Hbond substituents is 1. The van der Waals surface area contributed by atoms with Crippen LogP contribution in [0.15, 0.2) is 18.2 Å². The molecule has 4 heteroatoms. The van der Waals surface area contributed by atoms with Crippen LogP contribution in [0.25, 0.3) is 0 Å². The number of hydrogen-bond acceptors (Lipinski definition) is 3. The fraction of sp³-hybridized carbons (Fsp3) is 0.600. The van der Waals surface area contributed by atoms with Crippen LogP contribution in [0, 0.1) is 11.7 Å². The summed E-state index contributed by atoms with van der Waals surface area (Å²) in [5, 5.41) is 9.83. The standard InChI is InChI=1S/C15H22FNO2/c1-11(14-6-5-13(16)8-15(14)18)17(2)9-12-4-3-7-19-10-12/h5-6,8,11-12,18H,3-4,7,9-10H2,1-2H3. The van der Waals surface area contributed by atoms with Gasteiger partial charge in [-0.3, -0.25) is 4.90 Å². The fourth-order valence-electron chi connectivity index (χ4n) is 2.62. The summed E-state index contributed by atoms with van der Waals surface area (Å²) in [7, 11) is 2.03. The molecule has 106 valence electrons. The number of hydrogen-bond donors (Lipinski definition) is 1. The molecular formula is C15H22FNO2. The molecule has 0 radical (unpaired) electrons. The van der Waals surface area contributed by atoms with Crippen LogP contribution in [0.3, 0.4) is 0 Å². The van der Waals surface area contributed by atoms with Crippen molar-refractivity contribution in [3.05, 3.63) is 29.6 Å². The van der Waals surface area contributed by atoms with Crippen LogP contribution < -0.4 is 0 Å². The lowest BCUT2D eigenvalue weighted by atomic mass is 9.99. The molecule has 2 atom stereocenters. The lowest BCUT2D eigenvalue weighted by Gasteiger charge is -2.31. The van der Waals surface area contributed by atoms with Gasteiger partial charge in [-0.1, -0.05) is 6.07 Å². The zero-order valence-electron chi connectivity index (χ0n) is 11.6. The number of rotatable bonds is 4. The summed E-state index contributed by atoms with van der Waals surface area (Å²) in [6.45, 7) is 4.63. The summed E-state index contributed by atoms with van der Waals surface area (Å²) in [6.07, 6.45) is 2.31. The van der Waals surface area contributed by atoms with Crippen LogP contribution in [-0.4, -0.2) is 36.8 Å². The largest absolute Gasteiger partial charge is 0.508 e. The number of nitrogens with zero attached hydrogens (tertiary/aromatic N) is 1. The molecule has 1 aromatic carbocycles. The first-order chi connectivity index (χ1) is 9.08. The summed E-state index contributed by atoms with van der Waals surface area (Å²) in [4.78, 5) is 2.19. The lowest BCUT2D eigenvalue weighted by molar-refractivity contribution is 0.0370. The zero-order valence-corrected chi connectivity index (χ0v) is 11.6. The SMILES string of the molecule is CC(c1ccc(F)cc1O)N(C)CC1CCCOC1. The molecular weight excluding hydrogens is 245 g/mol. The Morgan fingerprint density at radius 3 is 2.95 bits per heavy atom. The van der Waals surface area contributed by atoms with Gasteiger partial charge in [0, 0.05) is 30.8 Å². The van der Waals surface area contributed by atoms with E-state index < -0.39 is 5.82 Å². The third-order valence-corrected chi connectivity index (χ3v) is 3.90. The molecule has 0 saturated carbocycles. The zero-order chi connectivity index (χ0) is 13.8. The van der Waals surface area contributed by atoms with E-state index in [1.165, 1.54) is 18.6 Å². The third-order valence-electron chi connectivity index (χ3n) is 3.90. The first kappa shape index (κ1) is 14.3. The molecule has 1 fully saturated rings. The van der Waals surface area contributed by atoms with Crippen molar-refractivity contribution in [1.82, 2.24) is 4.90 Å². The quantitative estimate of drug-likeness (QED) is 0.910. The van der Waals surface area contributed by atoms with E-state index in [0.29, 0.717) is 5.92 Å². The number of ether oxygens (including phenoxy) is 1. The highest BCUT2D eigenvalue weighted by Crippen LogP contribution is 2.29. The Balaban J connectivity index is 1.99. The Morgan fingerprint density at radius 1 is 1.53 bits per heavy atom. The lowest BCUT2D eigenvalue weighted by Crippen LogP contribution is -2.32. The van der Waals surface area contributed by atoms with Crippen LogP contribution in [0.5, 0.6) is 5.75 Å². The second-order valence-corrected chi connectivity index (χ2v) is 5.40. The molecule has 0 spiro atoms. The summed E-state index contributed by atoms with van der Waals surface area (Å²) >= 11 is 0. The van der Waals surface area contributed by atoms with Crippen molar-refractivity contribution >= 4 is 0 Å². The molecule has 2 rings (SSSR count). The predicted octanol–water partition coefficient (Wildman–Crippen LogP) is 2.95. The Kier molecular flexibility index (Phi) is 4.77. The van der Waals surface area contributed by atoms with Gasteiger partial charge in [-0.15, -0.1) is 0 Å². The van der Waals surface area contributed by atoms with Gasteiger partial charge in [0.1, 0.15) is 11.6 Å². The van der Waals surface area contributed by atoms with E-state index in [4.69, 9.17) is 4.74 Å². The van der Waals surface area contributed by atoms with Gasteiger partial charge >= 0.3 is 0 Å². The second kappa shape index (κ2) is 6.35. The van der Waals surface area contributed by atoms with Gasteiger partial charge in [-0.2, -0.15) is 0 Å². The Morgan fingerprint density at radius 2 is 2.32 bits per heavy atom. The average Bonchev–Trinajstić information content (AvgIpc) is 2.39. The van der Waals surface area contributed by atoms with Crippen molar-refractivity contribution in [3.8, 4) is 5.75 Å². The van der Waals surface area contributed by atoms with Crippen molar-refractivity contribution in [1.29, 1.82) is 0 Å². The van der Waals surface area contributed by atoms with Crippen LogP contribution in [0.4, 0.5) is 4.39 Å².